The van der Waals surface area contributed by atoms with E-state index in [1.54, 1.807) is 5.38 Å². The molecule has 0 unspecified atom stereocenters. The molecule has 0 aliphatic heterocycles. The van der Waals surface area contributed by atoms with E-state index in [0.29, 0.717) is 17.1 Å². The van der Waals surface area contributed by atoms with Gasteiger partial charge < -0.3 is 5.11 Å². The number of carbonyl (C=O) groups is 1. The summed E-state index contributed by atoms with van der Waals surface area (Å²) in [6.45, 7) is 1.87. The van der Waals surface area contributed by atoms with Crippen LogP contribution in [-0.2, 0) is 6.61 Å². The smallest absolute Gasteiger partial charge is 0.191 e. The van der Waals surface area contributed by atoms with E-state index >= 15 is 0 Å². The molecule has 12 heavy (non-hydrogen) atoms. The fourth-order valence-corrected chi connectivity index (χ4v) is 1.62. The monoisotopic (exact) mass is 185 g/mol. The molecule has 0 aliphatic rings. The number of aromatic nitrogens is 1. The molecule has 3 nitrogen and oxygen atoms in total. The van der Waals surface area contributed by atoms with Crippen LogP contribution in [0.5, 0.6) is 0 Å². The van der Waals surface area contributed by atoms with Gasteiger partial charge in [-0.1, -0.05) is 6.92 Å². The first kappa shape index (κ1) is 9.35. The van der Waals surface area contributed by atoms with Crippen LogP contribution in [-0.4, -0.2) is 15.9 Å². The predicted molar refractivity (Wildman–Crippen MR) is 47.3 cm³/mol. The van der Waals surface area contributed by atoms with Gasteiger partial charge in [-0.2, -0.15) is 0 Å². The van der Waals surface area contributed by atoms with Crippen LogP contribution in [0.4, 0.5) is 0 Å². The first-order valence-electron chi connectivity index (χ1n) is 3.86. The van der Waals surface area contributed by atoms with E-state index in [4.69, 9.17) is 5.11 Å². The highest BCUT2D eigenvalue weighted by atomic mass is 32.1. The second-order valence-electron chi connectivity index (χ2n) is 2.48. The Morgan fingerprint density at radius 2 is 2.50 bits per heavy atom. The number of hydrogen-bond acceptors (Lipinski definition) is 4. The molecule has 0 saturated heterocycles. The minimum absolute atomic E-state index is 0.0715. The van der Waals surface area contributed by atoms with Gasteiger partial charge in [0.2, 0.25) is 0 Å². The van der Waals surface area contributed by atoms with Gasteiger partial charge in [-0.3, -0.25) is 4.79 Å². The van der Waals surface area contributed by atoms with Crippen LogP contribution in [0.2, 0.25) is 0 Å². The molecule has 0 fully saturated rings. The van der Waals surface area contributed by atoms with E-state index in [2.05, 4.69) is 4.98 Å². The maximum atomic E-state index is 11.2. The van der Waals surface area contributed by atoms with Crippen LogP contribution in [0, 0.1) is 0 Å². The summed E-state index contributed by atoms with van der Waals surface area (Å²) in [5, 5.41) is 10.9. The maximum absolute atomic E-state index is 11.2. The summed E-state index contributed by atoms with van der Waals surface area (Å²) in [5.74, 6) is 0.0715. The zero-order valence-corrected chi connectivity index (χ0v) is 7.73. The number of ketones is 1. The maximum Gasteiger partial charge on any atom is 0.191 e. The van der Waals surface area contributed by atoms with Crippen molar-refractivity contribution < 1.29 is 9.90 Å². The first-order chi connectivity index (χ1) is 5.77. The molecule has 0 bridgehead atoms. The summed E-state index contributed by atoms with van der Waals surface area (Å²) in [6.07, 6.45) is 1.38. The van der Waals surface area contributed by atoms with Crippen LogP contribution in [0.25, 0.3) is 0 Å². The van der Waals surface area contributed by atoms with Crippen LogP contribution >= 0.6 is 11.3 Å². The number of rotatable bonds is 4. The Hall–Kier alpha value is -0.740. The van der Waals surface area contributed by atoms with Crippen molar-refractivity contribution in [2.75, 3.05) is 0 Å². The summed E-state index contributed by atoms with van der Waals surface area (Å²) in [7, 11) is 0. The van der Waals surface area contributed by atoms with Gasteiger partial charge in [0.05, 0.1) is 12.3 Å². The molecule has 0 amide bonds. The highest BCUT2D eigenvalue weighted by Gasteiger charge is 2.08. The fraction of sp³-hybridized carbons (Fsp3) is 0.500. The Morgan fingerprint density at radius 1 is 1.75 bits per heavy atom. The third kappa shape index (κ3) is 2.12. The lowest BCUT2D eigenvalue weighted by Gasteiger charge is -1.90. The Kier molecular flexibility index (Phi) is 3.37. The van der Waals surface area contributed by atoms with Crippen molar-refractivity contribution in [3.63, 3.8) is 0 Å². The van der Waals surface area contributed by atoms with E-state index < -0.39 is 0 Å². The Morgan fingerprint density at radius 3 is 3.00 bits per heavy atom. The van der Waals surface area contributed by atoms with Gasteiger partial charge in [0.15, 0.2) is 10.8 Å². The third-order valence-corrected chi connectivity index (χ3v) is 2.36. The van der Waals surface area contributed by atoms with Crippen molar-refractivity contribution >= 4 is 17.1 Å². The zero-order chi connectivity index (χ0) is 8.97. The summed E-state index contributed by atoms with van der Waals surface area (Å²) in [4.78, 5) is 15.2. The zero-order valence-electron chi connectivity index (χ0n) is 6.91. The molecule has 0 radical (unpaired) electrons. The van der Waals surface area contributed by atoms with Crippen LogP contribution in [0.3, 0.4) is 0 Å². The Balaban J connectivity index is 2.68. The van der Waals surface area contributed by atoms with Gasteiger partial charge in [0, 0.05) is 11.8 Å². The molecular weight excluding hydrogens is 174 g/mol. The van der Waals surface area contributed by atoms with E-state index in [1.807, 2.05) is 6.92 Å². The molecule has 0 aromatic carbocycles. The number of aliphatic hydroxyl groups excluding tert-OH is 1. The number of Topliss-reactive ketones (excluding diaryl/α,β-unsaturated/α-hetero) is 1. The lowest BCUT2D eigenvalue weighted by Crippen LogP contribution is -1.97. The number of nitrogens with zero attached hydrogens (tertiary/aromatic N) is 1. The second kappa shape index (κ2) is 4.33. The lowest BCUT2D eigenvalue weighted by molar-refractivity contribution is 0.0981. The van der Waals surface area contributed by atoms with Crippen molar-refractivity contribution in [2.24, 2.45) is 0 Å². The minimum Gasteiger partial charge on any atom is -0.390 e. The number of aliphatic hydroxyl groups is 1. The van der Waals surface area contributed by atoms with Gasteiger partial charge in [-0.25, -0.2) is 4.98 Å². The molecule has 1 N–H and O–H groups in total. The van der Waals surface area contributed by atoms with Crippen molar-refractivity contribution in [1.29, 1.82) is 0 Å². The fourth-order valence-electron chi connectivity index (χ4n) is 0.842. The molecule has 0 spiro atoms. The van der Waals surface area contributed by atoms with Gasteiger partial charge in [-0.05, 0) is 6.42 Å². The van der Waals surface area contributed by atoms with Crippen molar-refractivity contribution in [2.45, 2.75) is 26.4 Å². The lowest BCUT2D eigenvalue weighted by atomic mass is 10.2. The topological polar surface area (TPSA) is 50.2 Å². The second-order valence-corrected chi connectivity index (χ2v) is 3.33. The summed E-state index contributed by atoms with van der Waals surface area (Å²) in [5.41, 5.74) is 0.583. The standard InChI is InChI=1S/C8H11NO2S/c1-2-3-7(11)8-9-6(4-10)5-12-8/h5,10H,2-4H2,1H3. The van der Waals surface area contributed by atoms with E-state index in [-0.39, 0.29) is 12.4 Å². The summed E-state index contributed by atoms with van der Waals surface area (Å²) in [6, 6.07) is 0. The third-order valence-electron chi connectivity index (χ3n) is 1.43. The molecule has 1 aromatic rings. The van der Waals surface area contributed by atoms with Gasteiger partial charge in [0.1, 0.15) is 0 Å². The quantitative estimate of drug-likeness (QED) is 0.725. The highest BCUT2D eigenvalue weighted by molar-refractivity contribution is 7.11. The predicted octanol–water partition coefficient (Wildman–Crippen LogP) is 1.62. The molecule has 0 saturated carbocycles. The molecule has 4 heteroatoms. The molecule has 0 aliphatic carbocycles. The number of thiazole rings is 1. The Labute approximate surface area is 75.1 Å². The van der Waals surface area contributed by atoms with Gasteiger partial charge >= 0.3 is 0 Å². The average Bonchev–Trinajstić information content (AvgIpc) is 2.52. The molecule has 1 aromatic heterocycles. The summed E-state index contributed by atoms with van der Waals surface area (Å²) >= 11 is 1.30. The average molecular weight is 185 g/mol. The molecule has 1 heterocycles. The van der Waals surface area contributed by atoms with E-state index in [1.165, 1.54) is 11.3 Å². The van der Waals surface area contributed by atoms with Crippen LogP contribution < -0.4 is 0 Å². The van der Waals surface area contributed by atoms with Crippen LogP contribution in [0.1, 0.15) is 35.3 Å². The SMILES string of the molecule is CCCC(=O)c1nc(CO)cs1. The van der Waals surface area contributed by atoms with Gasteiger partial charge in [-0.15, -0.1) is 11.3 Å². The molecule has 0 atom stereocenters. The largest absolute Gasteiger partial charge is 0.390 e. The number of hydrogen-bond donors (Lipinski definition) is 1. The van der Waals surface area contributed by atoms with E-state index in [9.17, 15) is 4.79 Å². The highest BCUT2D eigenvalue weighted by Crippen LogP contribution is 2.12. The molecular formula is C8H11NO2S. The van der Waals surface area contributed by atoms with Crippen molar-refractivity contribution in [3.8, 4) is 0 Å². The first-order valence-corrected chi connectivity index (χ1v) is 4.74. The molecule has 66 valence electrons. The summed E-state index contributed by atoms with van der Waals surface area (Å²) < 4.78 is 0. The minimum atomic E-state index is -0.0874. The van der Waals surface area contributed by atoms with Crippen molar-refractivity contribution in [3.05, 3.63) is 16.1 Å². The normalized spacial score (nSPS) is 10.2. The van der Waals surface area contributed by atoms with Crippen molar-refractivity contribution in [1.82, 2.24) is 4.98 Å². The van der Waals surface area contributed by atoms with E-state index in [0.717, 1.165) is 6.42 Å². The molecule has 1 rings (SSSR count). The van der Waals surface area contributed by atoms with Gasteiger partial charge in [0.25, 0.3) is 0 Å². The van der Waals surface area contributed by atoms with Crippen LogP contribution in [0.15, 0.2) is 5.38 Å². The Bertz CT molecular complexity index is 270. The number of carbonyl (C=O) groups excluding carboxylic acids is 1.